The van der Waals surface area contributed by atoms with E-state index in [1.165, 1.54) is 301 Å². The predicted molar refractivity (Wildman–Crippen MR) is 590 cm³/mol. The van der Waals surface area contributed by atoms with Gasteiger partial charge in [-0.3, -0.25) is 0 Å². The fourth-order valence-electron chi connectivity index (χ4n) is 22.4. The van der Waals surface area contributed by atoms with Crippen molar-refractivity contribution < 1.29 is 44.0 Å². The van der Waals surface area contributed by atoms with Crippen LogP contribution in [0.25, 0.3) is 0 Å². The number of hydrogen-bond acceptors (Lipinski definition) is 3. The third kappa shape index (κ3) is 45.4. The zero-order chi connectivity index (χ0) is 90.3. The molecule has 127 heavy (non-hydrogen) atoms. The monoisotopic (exact) mass is 2290 g/mol. The number of aryl methyl sites for hydroxylation is 12. The molecule has 0 radical (unpaired) electrons. The Kier molecular flexibility index (Phi) is 62.5. The van der Waals surface area contributed by atoms with Gasteiger partial charge in [-0.05, 0) is 219 Å². The van der Waals surface area contributed by atoms with Crippen molar-refractivity contribution in [3.05, 3.63) is 194 Å². The van der Waals surface area contributed by atoms with Gasteiger partial charge >= 0.3 is 147 Å². The van der Waals surface area contributed by atoms with Crippen LogP contribution in [0.3, 0.4) is 0 Å². The fourth-order valence-corrected chi connectivity index (χ4v) is 27.5. The summed E-state index contributed by atoms with van der Waals surface area (Å²) in [5.41, 5.74) is 26.8. The van der Waals surface area contributed by atoms with E-state index in [2.05, 4.69) is 229 Å². The van der Waals surface area contributed by atoms with Crippen LogP contribution in [0.15, 0.2) is 109 Å². The van der Waals surface area contributed by atoms with Crippen molar-refractivity contribution in [1.29, 1.82) is 0 Å². The molecule has 3 atom stereocenters. The topological polar surface area (TPSA) is 12.7 Å². The Balaban J connectivity index is 0.000000256. The predicted octanol–water partition coefficient (Wildman–Crippen LogP) is 33.7. The van der Waals surface area contributed by atoms with Crippen LogP contribution in [0, 0.1) is 125 Å². The fraction of sp³-hybridized carbons (Fsp3) is 0.640. The first-order valence-corrected chi connectivity index (χ1v) is 68.9. The normalized spacial score (nSPS) is 19.4. The van der Waals surface area contributed by atoms with Crippen molar-refractivity contribution in [1.82, 2.24) is 0 Å². The van der Waals surface area contributed by atoms with E-state index in [9.17, 15) is 0 Å². The van der Waals surface area contributed by atoms with Gasteiger partial charge in [0.2, 0.25) is 6.34 Å². The van der Waals surface area contributed by atoms with E-state index in [4.69, 9.17) is 38.8 Å². The van der Waals surface area contributed by atoms with Gasteiger partial charge < -0.3 is 22.2 Å². The van der Waals surface area contributed by atoms with Crippen molar-refractivity contribution in [2.24, 2.45) is 35.5 Å². The Hall–Kier alpha value is -0.423. The summed E-state index contributed by atoms with van der Waals surface area (Å²) in [6.45, 7) is 32.9. The first-order valence-electron chi connectivity index (χ1n) is 49.6. The standard InChI is InChI=1S/2C21H27N2.3C12H22.2C7H6.3C6H13P.CH4.5ClH.I2.2Ru/c2*1-14-9-16(3)20(17(4)10-14)22-7-8-23(13-22)21-18(5)11-15(2)12-19(21)6;3*1-3-7-11(8-4-1)12-9-5-2-6-10-12;2*1-7-5-3-2-4-6-7;3*7-6-4-2-1-3-5-6;;;;;;;1-2;;/h2*9-13H,7-8H2,1-6H3;3*11-12H,1-10H2;2*1-6H;3*6H,1-5,7H2;1H4;5*1H;;;/q-1;+1;;;;;;;;;;;;;;;;2*+2/p-5. The first kappa shape index (κ1) is 117. The average Bonchev–Trinajstić information content (AvgIpc) is 1.65. The molecule has 0 aromatic heterocycles. The van der Waals surface area contributed by atoms with E-state index < -0.39 is 27.0 Å². The Bertz CT molecular complexity index is 3660. The molecule has 2 aliphatic heterocycles. The minimum atomic E-state index is -1.61. The summed E-state index contributed by atoms with van der Waals surface area (Å²) in [6, 6.07) is 38.0. The van der Waals surface area contributed by atoms with Gasteiger partial charge in [-0.25, -0.2) is 9.48 Å². The van der Waals surface area contributed by atoms with Gasteiger partial charge in [-0.2, -0.15) is 6.67 Å². The Morgan fingerprint density at radius 3 is 0.740 bits per heavy atom. The molecule has 2 heterocycles. The molecule has 0 spiro atoms. The molecule has 0 amide bonds. The Labute approximate surface area is 843 Å². The quantitative estimate of drug-likeness (QED) is 0.0471. The van der Waals surface area contributed by atoms with Crippen LogP contribution in [0.4, 0.5) is 22.7 Å². The summed E-state index contributed by atoms with van der Waals surface area (Å²) in [7, 11) is 31.4. The molecule has 6 aromatic rings. The molecule has 0 N–H and O–H groups in total. The van der Waals surface area contributed by atoms with Crippen molar-refractivity contribution in [2.45, 2.75) is 396 Å². The SMILES string of the molecule is C.C1CCC(C2CCCCC2)CC1.C1CCC(C2CCCCC2)CC1.C1CCC(C2CCCCC2)CC1.Cc1cc(C)c(N2C=[N+](c3c(C)cc(C)cc3C)CC2)c(C)c1.Cc1cc(C)c(N2[CH-]N(c3c(C)cc(C)cc3C)CC2)c(C)c1.II.PC1CCCCC1.PC1CCCCC1.PC1CCCCC1.[Cl-].[Cl][Ru]([Cl])=[CH]c1ccccc1.[Cl][Ru]([Cl])=[CH]c1ccccc1. The molecule has 6 aromatic carbocycles. The zero-order valence-electron chi connectivity index (χ0n) is 80.4. The van der Waals surface area contributed by atoms with Crippen molar-refractivity contribution in [3.8, 4) is 0 Å². The molecule has 16 heteroatoms. The molecule has 17 rings (SSSR count). The molecular formula is C111H175Cl5I2N4P3Ru2-. The molecule has 1 saturated heterocycles. The summed E-state index contributed by atoms with van der Waals surface area (Å²) in [4.78, 5) is 7.22. The maximum absolute atomic E-state index is 5.67. The van der Waals surface area contributed by atoms with Gasteiger partial charge in [0.25, 0.3) is 0 Å². The van der Waals surface area contributed by atoms with Gasteiger partial charge in [0.1, 0.15) is 24.5 Å². The minimum absolute atomic E-state index is 0. The van der Waals surface area contributed by atoms with Crippen molar-refractivity contribution in [2.75, 3.05) is 40.9 Å². The Morgan fingerprint density at radius 2 is 0.528 bits per heavy atom. The van der Waals surface area contributed by atoms with Crippen molar-refractivity contribution >= 4 is 142 Å². The van der Waals surface area contributed by atoms with E-state index in [-0.39, 0.29) is 19.8 Å². The van der Waals surface area contributed by atoms with E-state index in [0.29, 0.717) is 0 Å². The van der Waals surface area contributed by atoms with Crippen LogP contribution in [0.1, 0.15) is 374 Å². The molecular weight excluding hydrogens is 2120 g/mol. The summed E-state index contributed by atoms with van der Waals surface area (Å²) in [6.07, 6.45) is 70.4. The van der Waals surface area contributed by atoms with Crippen LogP contribution < -0.4 is 27.1 Å². The van der Waals surface area contributed by atoms with E-state index in [1.807, 2.05) is 69.9 Å². The first-order chi connectivity index (χ1) is 60.4. The molecule has 3 unspecified atom stereocenters. The van der Waals surface area contributed by atoms with Crippen LogP contribution in [-0.2, 0) is 27.0 Å². The number of anilines is 3. The average molecular weight is 2290 g/mol. The summed E-state index contributed by atoms with van der Waals surface area (Å²) in [5.74, 6) is 6.83. The van der Waals surface area contributed by atoms with Gasteiger partial charge in [-0.15, -0.1) is 27.7 Å². The maximum atomic E-state index is 5.67. The summed E-state index contributed by atoms with van der Waals surface area (Å²) >= 11 is 1.01. The second-order valence-corrected chi connectivity index (χ2v) is 53.3. The number of nitrogens with zero attached hydrogens (tertiary/aromatic N) is 4. The summed E-state index contributed by atoms with van der Waals surface area (Å²) in [5, 5.41) is 0. The third-order valence-corrected chi connectivity index (χ3v) is 34.0. The molecule has 720 valence electrons. The van der Waals surface area contributed by atoms with Gasteiger partial charge in [0, 0.05) is 61.7 Å². The Morgan fingerprint density at radius 1 is 0.315 bits per heavy atom. The molecule has 10 fully saturated rings. The molecule has 9 aliphatic carbocycles. The van der Waals surface area contributed by atoms with E-state index in [0.717, 1.165) is 89.8 Å². The number of halogens is 7. The van der Waals surface area contributed by atoms with Crippen LogP contribution in [-0.4, -0.2) is 63.3 Å². The van der Waals surface area contributed by atoms with E-state index in [1.54, 1.807) is 77.0 Å². The van der Waals surface area contributed by atoms with Crippen LogP contribution in [0.5, 0.6) is 0 Å². The zero-order valence-corrected chi connectivity index (χ0v) is 95.5. The second-order valence-electron chi connectivity index (χ2n) is 39.0. The van der Waals surface area contributed by atoms with E-state index >= 15 is 0 Å². The van der Waals surface area contributed by atoms with Crippen molar-refractivity contribution in [3.63, 3.8) is 0 Å². The van der Waals surface area contributed by atoms with Gasteiger partial charge in [-0.1, -0.05) is 329 Å². The van der Waals surface area contributed by atoms with Gasteiger partial charge in [0.15, 0.2) is 0 Å². The molecule has 11 aliphatic rings. The summed E-state index contributed by atoms with van der Waals surface area (Å²) < 4.78 is 6.25. The third-order valence-electron chi connectivity index (χ3n) is 28.2. The number of hydrogen-bond donors (Lipinski definition) is 0. The van der Waals surface area contributed by atoms with Gasteiger partial charge in [0.05, 0.1) is 0 Å². The molecule has 0 bridgehead atoms. The second kappa shape index (κ2) is 67.8. The number of rotatable bonds is 9. The number of benzene rings is 6. The van der Waals surface area contributed by atoms with Crippen LogP contribution >= 0.6 is 104 Å². The van der Waals surface area contributed by atoms with Crippen LogP contribution in [0.2, 0.25) is 0 Å². The molecule has 9 saturated carbocycles. The molecule has 4 nitrogen and oxygen atoms in total.